The minimum absolute atomic E-state index is 0.873. The lowest BCUT2D eigenvalue weighted by Crippen LogP contribution is -1.96. The van der Waals surface area contributed by atoms with Gasteiger partial charge in [-0.3, -0.25) is 0 Å². The van der Waals surface area contributed by atoms with Crippen molar-refractivity contribution in [2.24, 2.45) is 0 Å². The summed E-state index contributed by atoms with van der Waals surface area (Å²) in [5.74, 6) is 0. The lowest BCUT2D eigenvalue weighted by Gasteiger charge is -2.22. The third-order valence-electron chi connectivity index (χ3n) is 8.73. The first kappa shape index (κ1) is 24.3. The fraction of sp³-hybridized carbons (Fsp3) is 0. The number of thiophene rings is 2. The molecule has 0 amide bonds. The topological polar surface area (TPSA) is 26.3 Å². The van der Waals surface area contributed by atoms with Crippen LogP contribution in [0.15, 0.2) is 142 Å². The first-order valence-corrected chi connectivity index (χ1v) is 16.3. The normalized spacial score (nSPS) is 12.1. The van der Waals surface area contributed by atoms with E-state index in [0.29, 0.717) is 0 Å². The Morgan fingerprint density at radius 3 is 1.25 bits per heavy atom. The van der Waals surface area contributed by atoms with Gasteiger partial charge in [0.1, 0.15) is 22.3 Å². The summed E-state index contributed by atoms with van der Waals surface area (Å²) in [5.41, 5.74) is 10.6. The van der Waals surface area contributed by atoms with Crippen molar-refractivity contribution >= 4 is 66.6 Å². The summed E-state index contributed by atoms with van der Waals surface area (Å²) in [5, 5.41) is 4.60. The maximum Gasteiger partial charge on any atom is 0.136 e. The molecule has 6 aromatic carbocycles. The average molecular weight is 599 g/mol. The molecule has 10 rings (SSSR count). The SMILES string of the molecule is c1ccc(-c2ccc(-c3cc4oc5cccc6c(-c7ccc(-c8ccccc8)s7)cc7oc8cccc3c8c4-c7c56)s2)cc1. The van der Waals surface area contributed by atoms with E-state index in [1.54, 1.807) is 0 Å². The van der Waals surface area contributed by atoms with Gasteiger partial charge < -0.3 is 8.83 Å². The van der Waals surface area contributed by atoms with Gasteiger partial charge in [0.25, 0.3) is 0 Å². The summed E-state index contributed by atoms with van der Waals surface area (Å²) in [6, 6.07) is 47.3. The fourth-order valence-corrected chi connectivity index (χ4v) is 8.87. The van der Waals surface area contributed by atoms with Gasteiger partial charge in [-0.05, 0) is 70.4 Å². The third kappa shape index (κ3) is 3.47. The van der Waals surface area contributed by atoms with Gasteiger partial charge in [0.2, 0.25) is 0 Å². The Balaban J connectivity index is 1.24. The van der Waals surface area contributed by atoms with E-state index in [-0.39, 0.29) is 0 Å². The van der Waals surface area contributed by atoms with Crippen LogP contribution in [0.1, 0.15) is 0 Å². The molecular formula is C40H22O2S2. The highest BCUT2D eigenvalue weighted by Gasteiger charge is 2.28. The highest BCUT2D eigenvalue weighted by Crippen LogP contribution is 2.53. The van der Waals surface area contributed by atoms with E-state index in [1.807, 2.05) is 22.7 Å². The van der Waals surface area contributed by atoms with Gasteiger partial charge in [-0.25, -0.2) is 0 Å². The second-order valence-corrected chi connectivity index (χ2v) is 13.4. The molecule has 206 valence electrons. The molecule has 8 aromatic rings. The van der Waals surface area contributed by atoms with E-state index in [2.05, 4.69) is 133 Å². The Hall–Kier alpha value is -5.16. The summed E-state index contributed by atoms with van der Waals surface area (Å²) < 4.78 is 13.6. The van der Waals surface area contributed by atoms with Crippen LogP contribution in [0.5, 0.6) is 0 Å². The smallest absolute Gasteiger partial charge is 0.136 e. The van der Waals surface area contributed by atoms with Crippen LogP contribution in [0, 0.1) is 0 Å². The summed E-state index contributed by atoms with van der Waals surface area (Å²) in [6.45, 7) is 0. The minimum Gasteiger partial charge on any atom is -0.456 e. The van der Waals surface area contributed by atoms with Crippen molar-refractivity contribution in [3.63, 3.8) is 0 Å². The van der Waals surface area contributed by atoms with Crippen LogP contribution >= 0.6 is 22.7 Å². The quantitative estimate of drug-likeness (QED) is 0.149. The molecule has 2 nitrogen and oxygen atoms in total. The maximum atomic E-state index is 6.81. The molecule has 44 heavy (non-hydrogen) atoms. The lowest BCUT2D eigenvalue weighted by atomic mass is 9.87. The molecule has 0 spiro atoms. The van der Waals surface area contributed by atoms with Gasteiger partial charge in [-0.15, -0.1) is 22.7 Å². The van der Waals surface area contributed by atoms with E-state index in [0.717, 1.165) is 44.2 Å². The van der Waals surface area contributed by atoms with Crippen molar-refractivity contribution < 1.29 is 8.83 Å². The zero-order chi connectivity index (χ0) is 28.8. The summed E-state index contributed by atoms with van der Waals surface area (Å²) in [4.78, 5) is 4.93. The predicted molar refractivity (Wildman–Crippen MR) is 186 cm³/mol. The van der Waals surface area contributed by atoms with Crippen LogP contribution in [0.3, 0.4) is 0 Å². The second-order valence-electron chi connectivity index (χ2n) is 11.2. The van der Waals surface area contributed by atoms with Crippen LogP contribution in [0.25, 0.3) is 96.8 Å². The molecule has 0 atom stereocenters. The van der Waals surface area contributed by atoms with Gasteiger partial charge >= 0.3 is 0 Å². The molecule has 4 heterocycles. The van der Waals surface area contributed by atoms with Crippen molar-refractivity contribution in [3.8, 4) is 52.9 Å². The molecule has 2 aliphatic rings. The molecule has 0 saturated heterocycles. The largest absolute Gasteiger partial charge is 0.456 e. The number of rotatable bonds is 4. The number of hydrogen-bond acceptors (Lipinski definition) is 4. The van der Waals surface area contributed by atoms with Crippen LogP contribution in [-0.2, 0) is 0 Å². The van der Waals surface area contributed by atoms with E-state index in [4.69, 9.17) is 8.83 Å². The second kappa shape index (κ2) is 9.17. The van der Waals surface area contributed by atoms with Crippen LogP contribution in [-0.4, -0.2) is 0 Å². The molecule has 4 heteroatoms. The Morgan fingerprint density at radius 1 is 0.364 bits per heavy atom. The molecular weight excluding hydrogens is 577 g/mol. The molecule has 0 fully saturated rings. The summed E-state index contributed by atoms with van der Waals surface area (Å²) in [6.07, 6.45) is 0. The highest BCUT2D eigenvalue weighted by atomic mass is 32.1. The molecule has 0 aliphatic carbocycles. The third-order valence-corrected chi connectivity index (χ3v) is 11.1. The molecule has 0 unspecified atom stereocenters. The molecule has 0 radical (unpaired) electrons. The molecule has 0 bridgehead atoms. The Kier molecular flexibility index (Phi) is 5.06. The fourth-order valence-electron chi connectivity index (χ4n) is 6.79. The minimum atomic E-state index is 0.873. The number of hydrogen-bond donors (Lipinski definition) is 0. The van der Waals surface area contributed by atoms with Crippen molar-refractivity contribution in [3.05, 3.63) is 133 Å². The predicted octanol–water partition coefficient (Wildman–Crippen LogP) is 12.8. The highest BCUT2D eigenvalue weighted by molar-refractivity contribution is 7.19. The zero-order valence-electron chi connectivity index (χ0n) is 23.3. The molecule has 2 aliphatic heterocycles. The molecule has 0 saturated carbocycles. The standard InChI is InChI=1S/C40H22O2S2/c1-3-9-23(10-4-1)33-17-19-35(43-33)27-21-31-39-37-25(27)13-7-15-29(37)42-32-22-28(26-14-8-16-30(41-31)38(26)40(32)39)36-20-18-34(44-36)24-11-5-2-6-12-24/h1-22H. The number of benzene rings is 6. The summed E-state index contributed by atoms with van der Waals surface area (Å²) in [7, 11) is 0. The van der Waals surface area contributed by atoms with Crippen molar-refractivity contribution in [1.82, 2.24) is 0 Å². The maximum absolute atomic E-state index is 6.81. The van der Waals surface area contributed by atoms with Crippen molar-refractivity contribution in [2.45, 2.75) is 0 Å². The van der Waals surface area contributed by atoms with Crippen molar-refractivity contribution in [2.75, 3.05) is 0 Å². The van der Waals surface area contributed by atoms with Gasteiger partial charge in [-0.2, -0.15) is 0 Å². The van der Waals surface area contributed by atoms with E-state index >= 15 is 0 Å². The molecule has 2 aromatic heterocycles. The van der Waals surface area contributed by atoms with E-state index in [1.165, 1.54) is 52.5 Å². The van der Waals surface area contributed by atoms with Gasteiger partial charge in [0.05, 0.1) is 0 Å². The first-order chi connectivity index (χ1) is 21.8. The van der Waals surface area contributed by atoms with Gasteiger partial charge in [0.15, 0.2) is 0 Å². The lowest BCUT2D eigenvalue weighted by molar-refractivity contribution is 0.646. The van der Waals surface area contributed by atoms with E-state index in [9.17, 15) is 0 Å². The monoisotopic (exact) mass is 598 g/mol. The van der Waals surface area contributed by atoms with Crippen molar-refractivity contribution in [1.29, 1.82) is 0 Å². The average Bonchev–Trinajstić information content (AvgIpc) is 3.78. The first-order valence-electron chi connectivity index (χ1n) is 14.7. The molecule has 0 N–H and O–H groups in total. The zero-order valence-corrected chi connectivity index (χ0v) is 25.0. The van der Waals surface area contributed by atoms with Gasteiger partial charge in [-0.1, -0.05) is 84.9 Å². The summed E-state index contributed by atoms with van der Waals surface area (Å²) >= 11 is 3.62. The van der Waals surface area contributed by atoms with Crippen LogP contribution in [0.4, 0.5) is 0 Å². The van der Waals surface area contributed by atoms with Gasteiger partial charge in [0, 0.05) is 52.5 Å². The van der Waals surface area contributed by atoms with Crippen LogP contribution in [0.2, 0.25) is 0 Å². The van der Waals surface area contributed by atoms with E-state index < -0.39 is 0 Å². The Bertz CT molecular complexity index is 2410. The Morgan fingerprint density at radius 2 is 0.795 bits per heavy atom. The van der Waals surface area contributed by atoms with Crippen LogP contribution < -0.4 is 0 Å². The Labute approximate surface area is 260 Å².